The van der Waals surface area contributed by atoms with Gasteiger partial charge >= 0.3 is 0 Å². The predicted molar refractivity (Wildman–Crippen MR) is 92.5 cm³/mol. The lowest BCUT2D eigenvalue weighted by molar-refractivity contribution is 0.0349. The largest absolute Gasteiger partial charge is 0.390 e. The molecule has 0 bridgehead atoms. The number of hydrogen-bond donors (Lipinski definition) is 2. The fraction of sp³-hybridized carbons (Fsp3) is 0.368. The number of hydrogen-bond acceptors (Lipinski definition) is 4. The van der Waals surface area contributed by atoms with Crippen molar-refractivity contribution in [3.05, 3.63) is 65.2 Å². The highest BCUT2D eigenvalue weighted by Gasteiger charge is 2.29. The van der Waals surface area contributed by atoms with Crippen LogP contribution < -0.4 is 5.32 Å². The molecule has 2 N–H and O–H groups in total. The molecule has 1 fully saturated rings. The summed E-state index contributed by atoms with van der Waals surface area (Å²) in [4.78, 5) is 18.5. The lowest BCUT2D eigenvalue weighted by Crippen LogP contribution is -2.53. The summed E-state index contributed by atoms with van der Waals surface area (Å²) in [6.07, 6.45) is 3.52. The van der Waals surface area contributed by atoms with Gasteiger partial charge in [0.2, 0.25) is 0 Å². The molecule has 1 aliphatic heterocycles. The van der Waals surface area contributed by atoms with Crippen LogP contribution in [0.5, 0.6) is 0 Å². The molecule has 3 rings (SSSR count). The number of aliphatic hydroxyl groups is 1. The van der Waals surface area contributed by atoms with Gasteiger partial charge in [0.15, 0.2) is 0 Å². The molecule has 0 aliphatic carbocycles. The first kappa shape index (κ1) is 17.5. The minimum Gasteiger partial charge on any atom is -0.390 e. The Labute approximate surface area is 146 Å². The Morgan fingerprint density at radius 3 is 2.96 bits per heavy atom. The Bertz CT molecular complexity index is 739. The van der Waals surface area contributed by atoms with Crippen molar-refractivity contribution in [2.75, 3.05) is 13.1 Å². The Kier molecular flexibility index (Phi) is 5.40. The number of aryl methyl sites for hydroxylation is 1. The van der Waals surface area contributed by atoms with Gasteiger partial charge in [-0.2, -0.15) is 0 Å². The summed E-state index contributed by atoms with van der Waals surface area (Å²) in [7, 11) is 0. The normalized spacial score (nSPS) is 21.1. The molecular weight excluding hydrogens is 321 g/mol. The summed E-state index contributed by atoms with van der Waals surface area (Å²) in [6, 6.07) is 7.96. The van der Waals surface area contributed by atoms with E-state index >= 15 is 0 Å². The Morgan fingerprint density at radius 2 is 2.28 bits per heavy atom. The molecule has 0 spiro atoms. The van der Waals surface area contributed by atoms with Gasteiger partial charge in [0.05, 0.1) is 12.1 Å². The molecule has 1 amide bonds. The van der Waals surface area contributed by atoms with Crippen molar-refractivity contribution in [3.63, 3.8) is 0 Å². The number of carbonyl (C=O) groups excluding carboxylic acids is 1. The van der Waals surface area contributed by atoms with Crippen molar-refractivity contribution in [2.45, 2.75) is 32.0 Å². The van der Waals surface area contributed by atoms with Crippen LogP contribution in [0.3, 0.4) is 0 Å². The fourth-order valence-electron chi connectivity index (χ4n) is 3.04. The second-order valence-electron chi connectivity index (χ2n) is 6.50. The first-order chi connectivity index (χ1) is 12.0. The number of amides is 1. The summed E-state index contributed by atoms with van der Waals surface area (Å²) in [5.41, 5.74) is 1.86. The van der Waals surface area contributed by atoms with E-state index in [0.717, 1.165) is 18.7 Å². The van der Waals surface area contributed by atoms with Crippen LogP contribution in [0.15, 0.2) is 42.7 Å². The second kappa shape index (κ2) is 7.72. The molecule has 0 unspecified atom stereocenters. The summed E-state index contributed by atoms with van der Waals surface area (Å²) in [5, 5.41) is 13.2. The molecular formula is C19H22FN3O2. The van der Waals surface area contributed by atoms with Gasteiger partial charge in [-0.3, -0.25) is 14.7 Å². The van der Waals surface area contributed by atoms with E-state index in [2.05, 4.69) is 15.2 Å². The van der Waals surface area contributed by atoms with E-state index in [1.165, 1.54) is 6.07 Å². The lowest BCUT2D eigenvalue weighted by atomic mass is 10.0. The SMILES string of the molecule is Cc1ccc(C(=O)N[C@@H]2CCN(Cc3cccnc3)C[C@H]2O)cc1F. The van der Waals surface area contributed by atoms with Gasteiger partial charge in [-0.25, -0.2) is 4.39 Å². The molecule has 2 aromatic rings. The maximum Gasteiger partial charge on any atom is 0.251 e. The number of aliphatic hydroxyl groups excluding tert-OH is 1. The van der Waals surface area contributed by atoms with Gasteiger partial charge in [0, 0.05) is 37.6 Å². The Hall–Kier alpha value is -2.31. The Morgan fingerprint density at radius 1 is 1.44 bits per heavy atom. The van der Waals surface area contributed by atoms with Crippen LogP contribution in [0.1, 0.15) is 27.9 Å². The highest BCUT2D eigenvalue weighted by molar-refractivity contribution is 5.94. The van der Waals surface area contributed by atoms with Crippen LogP contribution in [0, 0.1) is 12.7 Å². The fourth-order valence-corrected chi connectivity index (χ4v) is 3.04. The van der Waals surface area contributed by atoms with Crippen LogP contribution in [0.4, 0.5) is 4.39 Å². The summed E-state index contributed by atoms with van der Waals surface area (Å²) >= 11 is 0. The number of pyridine rings is 1. The number of β-amino-alcohol motifs (C(OH)–C–C–N with tert-alkyl or cyclic N) is 1. The zero-order valence-electron chi connectivity index (χ0n) is 14.2. The molecule has 25 heavy (non-hydrogen) atoms. The number of nitrogens with one attached hydrogen (secondary N) is 1. The van der Waals surface area contributed by atoms with E-state index < -0.39 is 11.9 Å². The highest BCUT2D eigenvalue weighted by Crippen LogP contribution is 2.15. The maximum absolute atomic E-state index is 13.6. The smallest absolute Gasteiger partial charge is 0.251 e. The highest BCUT2D eigenvalue weighted by atomic mass is 19.1. The monoisotopic (exact) mass is 343 g/mol. The standard InChI is InChI=1S/C19H22FN3O2/c1-13-4-5-15(9-16(13)20)19(25)22-17-6-8-23(12-18(17)24)11-14-3-2-7-21-10-14/h2-5,7,9-10,17-18,24H,6,8,11-12H2,1H3,(H,22,25)/t17-,18-/m1/s1. The number of nitrogens with zero attached hydrogens (tertiary/aromatic N) is 2. The molecule has 132 valence electrons. The minimum absolute atomic E-state index is 0.271. The quantitative estimate of drug-likeness (QED) is 0.890. The van der Waals surface area contributed by atoms with Crippen molar-refractivity contribution in [3.8, 4) is 0 Å². The maximum atomic E-state index is 13.6. The number of halogens is 1. The zero-order valence-corrected chi connectivity index (χ0v) is 14.2. The number of likely N-dealkylation sites (tertiary alicyclic amines) is 1. The second-order valence-corrected chi connectivity index (χ2v) is 6.50. The van der Waals surface area contributed by atoms with E-state index in [0.29, 0.717) is 18.5 Å². The van der Waals surface area contributed by atoms with Gasteiger partial charge < -0.3 is 10.4 Å². The van der Waals surface area contributed by atoms with Gasteiger partial charge in [0.1, 0.15) is 5.82 Å². The summed E-state index contributed by atoms with van der Waals surface area (Å²) in [5.74, 6) is -0.761. The van der Waals surface area contributed by atoms with Crippen LogP contribution in [-0.2, 0) is 6.54 Å². The number of piperidine rings is 1. The molecule has 5 nitrogen and oxygen atoms in total. The topological polar surface area (TPSA) is 65.5 Å². The van der Waals surface area contributed by atoms with Gasteiger partial charge in [-0.15, -0.1) is 0 Å². The molecule has 1 aromatic carbocycles. The molecule has 2 atom stereocenters. The molecule has 6 heteroatoms. The van der Waals surface area contributed by atoms with E-state index in [1.807, 2.05) is 18.3 Å². The van der Waals surface area contributed by atoms with E-state index in [-0.39, 0.29) is 17.5 Å². The lowest BCUT2D eigenvalue weighted by Gasteiger charge is -2.36. The summed E-state index contributed by atoms with van der Waals surface area (Å²) in [6.45, 7) is 3.61. The van der Waals surface area contributed by atoms with Crippen LogP contribution in [-0.4, -0.2) is 46.1 Å². The molecule has 0 radical (unpaired) electrons. The first-order valence-corrected chi connectivity index (χ1v) is 8.39. The zero-order chi connectivity index (χ0) is 17.8. The third kappa shape index (κ3) is 4.41. The van der Waals surface area contributed by atoms with E-state index in [4.69, 9.17) is 0 Å². The average molecular weight is 343 g/mol. The number of rotatable bonds is 4. The van der Waals surface area contributed by atoms with Crippen molar-refractivity contribution < 1.29 is 14.3 Å². The number of benzene rings is 1. The predicted octanol–water partition coefficient (Wildman–Crippen LogP) is 1.89. The van der Waals surface area contributed by atoms with Gasteiger partial charge in [-0.05, 0) is 42.7 Å². The van der Waals surface area contributed by atoms with Crippen molar-refractivity contribution in [2.24, 2.45) is 0 Å². The third-order valence-corrected chi connectivity index (χ3v) is 4.55. The molecule has 1 aromatic heterocycles. The van der Waals surface area contributed by atoms with Crippen molar-refractivity contribution in [1.82, 2.24) is 15.2 Å². The van der Waals surface area contributed by atoms with Crippen molar-refractivity contribution >= 4 is 5.91 Å². The first-order valence-electron chi connectivity index (χ1n) is 8.39. The number of carbonyl (C=O) groups is 1. The molecule has 1 saturated heterocycles. The molecule has 2 heterocycles. The van der Waals surface area contributed by atoms with Gasteiger partial charge in [0.25, 0.3) is 5.91 Å². The Balaban J connectivity index is 1.56. The minimum atomic E-state index is -0.662. The third-order valence-electron chi connectivity index (χ3n) is 4.55. The van der Waals surface area contributed by atoms with E-state index in [9.17, 15) is 14.3 Å². The summed E-state index contributed by atoms with van der Waals surface area (Å²) < 4.78 is 13.6. The van der Waals surface area contributed by atoms with Crippen LogP contribution in [0.25, 0.3) is 0 Å². The molecule has 1 aliphatic rings. The van der Waals surface area contributed by atoms with Crippen molar-refractivity contribution in [1.29, 1.82) is 0 Å². The number of aromatic nitrogens is 1. The molecule has 0 saturated carbocycles. The van der Waals surface area contributed by atoms with E-state index in [1.54, 1.807) is 25.3 Å². The average Bonchev–Trinajstić information content (AvgIpc) is 2.60. The van der Waals surface area contributed by atoms with Crippen LogP contribution in [0.2, 0.25) is 0 Å². The van der Waals surface area contributed by atoms with Crippen LogP contribution >= 0.6 is 0 Å². The van der Waals surface area contributed by atoms with Gasteiger partial charge in [-0.1, -0.05) is 12.1 Å².